The quantitative estimate of drug-likeness (QED) is 0.460. The molecular weight excluding hydrogens is 352 g/mol. The van der Waals surface area contributed by atoms with Crippen molar-refractivity contribution in [3.63, 3.8) is 0 Å². The normalized spacial score (nSPS) is 11.0. The van der Waals surface area contributed by atoms with E-state index in [1.54, 1.807) is 7.11 Å². The number of amides is 1. The highest BCUT2D eigenvalue weighted by Crippen LogP contribution is 2.17. The van der Waals surface area contributed by atoms with Crippen molar-refractivity contribution in [1.29, 1.82) is 0 Å². The smallest absolute Gasteiger partial charge is 0.251 e. The molecule has 28 heavy (non-hydrogen) atoms. The molecular formula is C22H30N4O2. The SMILES string of the molecule is CCNC(=O)c1ccc(CN=C(NCC)NCCc2ccccc2OC)cc1. The monoisotopic (exact) mass is 382 g/mol. The van der Waals surface area contributed by atoms with Crippen molar-refractivity contribution in [2.45, 2.75) is 26.8 Å². The van der Waals surface area contributed by atoms with Gasteiger partial charge in [0.25, 0.3) is 5.91 Å². The number of aliphatic imine (C=N–C) groups is 1. The van der Waals surface area contributed by atoms with Crippen molar-refractivity contribution in [3.8, 4) is 5.75 Å². The molecule has 2 aromatic carbocycles. The number of hydrogen-bond donors (Lipinski definition) is 3. The molecule has 3 N–H and O–H groups in total. The summed E-state index contributed by atoms with van der Waals surface area (Å²) in [7, 11) is 1.69. The van der Waals surface area contributed by atoms with Gasteiger partial charge in [-0.15, -0.1) is 0 Å². The lowest BCUT2D eigenvalue weighted by atomic mass is 10.1. The molecule has 0 radical (unpaired) electrons. The van der Waals surface area contributed by atoms with Crippen molar-refractivity contribution < 1.29 is 9.53 Å². The predicted octanol–water partition coefficient (Wildman–Crippen LogP) is 2.74. The van der Waals surface area contributed by atoms with Crippen LogP contribution in [0.4, 0.5) is 0 Å². The van der Waals surface area contributed by atoms with E-state index in [0.29, 0.717) is 18.7 Å². The Kier molecular flexibility index (Phi) is 8.85. The van der Waals surface area contributed by atoms with Crippen LogP contribution in [0.3, 0.4) is 0 Å². The van der Waals surface area contributed by atoms with Crippen LogP contribution in [-0.2, 0) is 13.0 Å². The number of carbonyl (C=O) groups excluding carboxylic acids is 1. The standard InChI is InChI=1S/C22H30N4O2/c1-4-23-21(27)19-12-10-17(11-13-19)16-26-22(24-5-2)25-15-14-18-8-6-7-9-20(18)28-3/h6-13H,4-5,14-16H2,1-3H3,(H,23,27)(H2,24,25,26). The Hall–Kier alpha value is -3.02. The van der Waals surface area contributed by atoms with E-state index in [4.69, 9.17) is 4.74 Å². The van der Waals surface area contributed by atoms with Crippen molar-refractivity contribution in [1.82, 2.24) is 16.0 Å². The number of ether oxygens (including phenoxy) is 1. The number of nitrogens with one attached hydrogen (secondary N) is 3. The van der Waals surface area contributed by atoms with Gasteiger partial charge in [0, 0.05) is 25.2 Å². The number of carbonyl (C=O) groups is 1. The van der Waals surface area contributed by atoms with E-state index in [1.807, 2.05) is 56.3 Å². The summed E-state index contributed by atoms with van der Waals surface area (Å²) in [6, 6.07) is 15.6. The van der Waals surface area contributed by atoms with E-state index in [1.165, 1.54) is 0 Å². The number of para-hydroxylation sites is 1. The van der Waals surface area contributed by atoms with E-state index in [9.17, 15) is 4.79 Å². The van der Waals surface area contributed by atoms with Gasteiger partial charge in [-0.1, -0.05) is 30.3 Å². The molecule has 0 atom stereocenters. The molecule has 0 fully saturated rings. The number of nitrogens with zero attached hydrogens (tertiary/aromatic N) is 1. The van der Waals surface area contributed by atoms with Crippen LogP contribution in [-0.4, -0.2) is 38.6 Å². The van der Waals surface area contributed by atoms with E-state index in [0.717, 1.165) is 42.3 Å². The minimum Gasteiger partial charge on any atom is -0.496 e. The molecule has 0 aliphatic rings. The summed E-state index contributed by atoms with van der Waals surface area (Å²) < 4.78 is 5.40. The van der Waals surface area contributed by atoms with E-state index < -0.39 is 0 Å². The Morgan fingerprint density at radius 3 is 2.36 bits per heavy atom. The van der Waals surface area contributed by atoms with Gasteiger partial charge in [0.1, 0.15) is 5.75 Å². The van der Waals surface area contributed by atoms with Gasteiger partial charge >= 0.3 is 0 Å². The molecule has 2 aromatic rings. The molecule has 0 spiro atoms. The highest BCUT2D eigenvalue weighted by atomic mass is 16.5. The summed E-state index contributed by atoms with van der Waals surface area (Å²) in [6.45, 7) is 6.65. The van der Waals surface area contributed by atoms with Gasteiger partial charge < -0.3 is 20.7 Å². The summed E-state index contributed by atoms with van der Waals surface area (Å²) in [5, 5.41) is 9.41. The number of rotatable bonds is 9. The van der Waals surface area contributed by atoms with Gasteiger partial charge in [-0.25, -0.2) is 4.99 Å². The summed E-state index contributed by atoms with van der Waals surface area (Å²) in [6.07, 6.45) is 0.843. The van der Waals surface area contributed by atoms with Gasteiger partial charge in [-0.05, 0) is 49.6 Å². The van der Waals surface area contributed by atoms with Gasteiger partial charge in [-0.3, -0.25) is 4.79 Å². The Morgan fingerprint density at radius 2 is 1.68 bits per heavy atom. The molecule has 150 valence electrons. The van der Waals surface area contributed by atoms with Gasteiger partial charge in [0.15, 0.2) is 5.96 Å². The number of hydrogen-bond acceptors (Lipinski definition) is 3. The maximum atomic E-state index is 11.8. The molecule has 0 heterocycles. The second kappa shape index (κ2) is 11.6. The minimum atomic E-state index is -0.0519. The molecule has 1 amide bonds. The molecule has 6 nitrogen and oxygen atoms in total. The summed E-state index contributed by atoms with van der Waals surface area (Å²) in [5.74, 6) is 1.62. The average Bonchev–Trinajstić information content (AvgIpc) is 2.73. The van der Waals surface area contributed by atoms with E-state index in [2.05, 4.69) is 27.0 Å². The fourth-order valence-corrected chi connectivity index (χ4v) is 2.76. The first-order valence-electron chi connectivity index (χ1n) is 9.69. The van der Waals surface area contributed by atoms with Crippen LogP contribution in [0.15, 0.2) is 53.5 Å². The number of benzene rings is 2. The first kappa shape index (κ1) is 21.3. The summed E-state index contributed by atoms with van der Waals surface area (Å²) in [5.41, 5.74) is 2.88. The van der Waals surface area contributed by atoms with Crippen LogP contribution >= 0.6 is 0 Å². The van der Waals surface area contributed by atoms with Crippen LogP contribution in [0.5, 0.6) is 5.75 Å². The van der Waals surface area contributed by atoms with Crippen LogP contribution in [0.1, 0.15) is 35.3 Å². The fraction of sp³-hybridized carbons (Fsp3) is 0.364. The fourth-order valence-electron chi connectivity index (χ4n) is 2.76. The lowest BCUT2D eigenvalue weighted by Crippen LogP contribution is -2.38. The van der Waals surface area contributed by atoms with Crippen LogP contribution < -0.4 is 20.7 Å². The molecule has 0 aliphatic heterocycles. The average molecular weight is 383 g/mol. The molecule has 2 rings (SSSR count). The lowest BCUT2D eigenvalue weighted by Gasteiger charge is -2.13. The Morgan fingerprint density at radius 1 is 0.964 bits per heavy atom. The van der Waals surface area contributed by atoms with Gasteiger partial charge in [0.05, 0.1) is 13.7 Å². The zero-order valence-electron chi connectivity index (χ0n) is 16.9. The third-order valence-electron chi connectivity index (χ3n) is 4.20. The second-order valence-corrected chi connectivity index (χ2v) is 6.24. The summed E-state index contributed by atoms with van der Waals surface area (Å²) >= 11 is 0. The molecule has 0 bridgehead atoms. The van der Waals surface area contributed by atoms with E-state index in [-0.39, 0.29) is 5.91 Å². The summed E-state index contributed by atoms with van der Waals surface area (Å²) in [4.78, 5) is 16.5. The van der Waals surface area contributed by atoms with Gasteiger partial charge in [-0.2, -0.15) is 0 Å². The first-order chi connectivity index (χ1) is 13.7. The maximum Gasteiger partial charge on any atom is 0.251 e. The molecule has 0 aromatic heterocycles. The minimum absolute atomic E-state index is 0.0519. The van der Waals surface area contributed by atoms with Crippen LogP contribution in [0.2, 0.25) is 0 Å². The maximum absolute atomic E-state index is 11.8. The number of methoxy groups -OCH3 is 1. The number of guanidine groups is 1. The highest BCUT2D eigenvalue weighted by Gasteiger charge is 2.05. The van der Waals surface area contributed by atoms with Crippen molar-refractivity contribution in [3.05, 3.63) is 65.2 Å². The zero-order chi connectivity index (χ0) is 20.2. The molecule has 0 unspecified atom stereocenters. The molecule has 0 saturated heterocycles. The predicted molar refractivity (Wildman–Crippen MR) is 114 cm³/mol. The zero-order valence-corrected chi connectivity index (χ0v) is 16.9. The second-order valence-electron chi connectivity index (χ2n) is 6.24. The third-order valence-corrected chi connectivity index (χ3v) is 4.20. The van der Waals surface area contributed by atoms with Crippen LogP contribution in [0.25, 0.3) is 0 Å². The first-order valence-corrected chi connectivity index (χ1v) is 9.69. The molecule has 6 heteroatoms. The highest BCUT2D eigenvalue weighted by molar-refractivity contribution is 5.94. The van der Waals surface area contributed by atoms with Gasteiger partial charge in [0.2, 0.25) is 0 Å². The Labute approximate surface area is 167 Å². The molecule has 0 saturated carbocycles. The molecule has 0 aliphatic carbocycles. The largest absolute Gasteiger partial charge is 0.496 e. The topological polar surface area (TPSA) is 74.8 Å². The lowest BCUT2D eigenvalue weighted by molar-refractivity contribution is 0.0956. The van der Waals surface area contributed by atoms with Crippen molar-refractivity contribution in [2.75, 3.05) is 26.7 Å². The van der Waals surface area contributed by atoms with Crippen LogP contribution in [0, 0.1) is 0 Å². The Bertz CT molecular complexity index is 772. The Balaban J connectivity index is 1.91. The van der Waals surface area contributed by atoms with E-state index >= 15 is 0 Å². The third kappa shape index (κ3) is 6.61. The van der Waals surface area contributed by atoms with Crippen molar-refractivity contribution >= 4 is 11.9 Å². The van der Waals surface area contributed by atoms with Crippen molar-refractivity contribution in [2.24, 2.45) is 4.99 Å².